The number of piperazine rings is 1. The molecule has 1 unspecified atom stereocenters. The molecule has 0 aromatic heterocycles. The third kappa shape index (κ3) is 2.97. The third-order valence-electron chi connectivity index (χ3n) is 2.99. The molecule has 2 rings (SSSR count). The number of likely N-dealkylation sites (N-methyl/N-ethyl adjacent to an activating group) is 1. The van der Waals surface area contributed by atoms with Gasteiger partial charge in [0.25, 0.3) is 0 Å². The number of amides is 1. The van der Waals surface area contributed by atoms with Crippen molar-refractivity contribution < 1.29 is 4.79 Å². The Bertz CT molecular complexity index is 388. The number of carbonyl (C=O) groups is 1. The van der Waals surface area contributed by atoms with Crippen molar-refractivity contribution >= 4 is 11.6 Å². The fraction of sp³-hybridized carbons (Fsp3) is 0.462. The van der Waals surface area contributed by atoms with Crippen LogP contribution in [0.15, 0.2) is 24.3 Å². The van der Waals surface area contributed by atoms with Crippen molar-refractivity contribution in [3.8, 4) is 0 Å². The zero-order valence-electron chi connectivity index (χ0n) is 10.4. The molecule has 1 aliphatic rings. The van der Waals surface area contributed by atoms with Crippen LogP contribution < -0.4 is 15.5 Å². The van der Waals surface area contributed by atoms with Crippen LogP contribution in [0.5, 0.6) is 0 Å². The van der Waals surface area contributed by atoms with Crippen LogP contribution in [0, 0.1) is 6.92 Å². The minimum atomic E-state index is 0.0945. The molecule has 0 radical (unpaired) electrons. The summed E-state index contributed by atoms with van der Waals surface area (Å²) in [6.45, 7) is 4.17. The standard InChI is InChI=1S/C13H19N3O/c1-10-3-5-12(6-4-10)16-8-11(7-14-2)15-13(17)9-16/h3-6,11,14H,7-9H2,1-2H3,(H,15,17). The van der Waals surface area contributed by atoms with Gasteiger partial charge in [0.15, 0.2) is 0 Å². The molecule has 1 fully saturated rings. The van der Waals surface area contributed by atoms with Crippen LogP contribution in [0.2, 0.25) is 0 Å². The van der Waals surface area contributed by atoms with Crippen LogP contribution in [0.1, 0.15) is 5.56 Å². The summed E-state index contributed by atoms with van der Waals surface area (Å²) >= 11 is 0. The second kappa shape index (κ2) is 5.19. The molecule has 17 heavy (non-hydrogen) atoms. The van der Waals surface area contributed by atoms with Gasteiger partial charge >= 0.3 is 0 Å². The molecule has 2 N–H and O–H groups in total. The van der Waals surface area contributed by atoms with Gasteiger partial charge in [-0.3, -0.25) is 4.79 Å². The van der Waals surface area contributed by atoms with Gasteiger partial charge in [0.05, 0.1) is 12.6 Å². The van der Waals surface area contributed by atoms with Crippen molar-refractivity contribution in [1.82, 2.24) is 10.6 Å². The van der Waals surface area contributed by atoms with Gasteiger partial charge in [-0.15, -0.1) is 0 Å². The van der Waals surface area contributed by atoms with Gasteiger partial charge in [0.1, 0.15) is 0 Å². The van der Waals surface area contributed by atoms with E-state index in [-0.39, 0.29) is 11.9 Å². The van der Waals surface area contributed by atoms with Crippen LogP contribution in [-0.4, -0.2) is 38.6 Å². The summed E-state index contributed by atoms with van der Waals surface area (Å²) in [5.74, 6) is 0.0945. The molecule has 92 valence electrons. The summed E-state index contributed by atoms with van der Waals surface area (Å²) in [7, 11) is 1.90. The lowest BCUT2D eigenvalue weighted by molar-refractivity contribution is -0.121. The zero-order valence-corrected chi connectivity index (χ0v) is 10.4. The lowest BCUT2D eigenvalue weighted by atomic mass is 10.1. The van der Waals surface area contributed by atoms with Crippen LogP contribution in [0.4, 0.5) is 5.69 Å². The molecular weight excluding hydrogens is 214 g/mol. The third-order valence-corrected chi connectivity index (χ3v) is 2.99. The van der Waals surface area contributed by atoms with E-state index < -0.39 is 0 Å². The molecule has 1 heterocycles. The maximum atomic E-state index is 11.6. The van der Waals surface area contributed by atoms with E-state index in [1.165, 1.54) is 5.56 Å². The molecule has 0 saturated carbocycles. The first-order valence-corrected chi connectivity index (χ1v) is 5.94. The number of anilines is 1. The molecule has 1 aromatic carbocycles. The van der Waals surface area contributed by atoms with Gasteiger partial charge in [-0.2, -0.15) is 0 Å². The van der Waals surface area contributed by atoms with Crippen LogP contribution >= 0.6 is 0 Å². The Morgan fingerprint density at radius 2 is 2.12 bits per heavy atom. The summed E-state index contributed by atoms with van der Waals surface area (Å²) < 4.78 is 0. The van der Waals surface area contributed by atoms with E-state index in [9.17, 15) is 4.79 Å². The number of nitrogens with one attached hydrogen (secondary N) is 2. The van der Waals surface area contributed by atoms with Crippen molar-refractivity contribution in [3.63, 3.8) is 0 Å². The number of nitrogens with zero attached hydrogens (tertiary/aromatic N) is 1. The molecule has 4 nitrogen and oxygen atoms in total. The normalized spacial score (nSPS) is 20.2. The average molecular weight is 233 g/mol. The predicted octanol–water partition coefficient (Wildman–Crippen LogP) is 0.519. The van der Waals surface area contributed by atoms with Gasteiger partial charge < -0.3 is 15.5 Å². The Labute approximate surface area is 102 Å². The Morgan fingerprint density at radius 3 is 2.76 bits per heavy atom. The number of hydrogen-bond donors (Lipinski definition) is 2. The van der Waals surface area contributed by atoms with E-state index in [2.05, 4.69) is 46.7 Å². The number of carbonyl (C=O) groups excluding carboxylic acids is 1. The summed E-state index contributed by atoms with van der Waals surface area (Å²) in [6.07, 6.45) is 0. The molecule has 1 atom stereocenters. The molecule has 1 saturated heterocycles. The van der Waals surface area contributed by atoms with Gasteiger partial charge in [-0.25, -0.2) is 0 Å². The minimum Gasteiger partial charge on any atom is -0.360 e. The minimum absolute atomic E-state index is 0.0945. The second-order valence-electron chi connectivity index (χ2n) is 4.54. The van der Waals surface area contributed by atoms with Crippen LogP contribution in [0.3, 0.4) is 0 Å². The average Bonchev–Trinajstić information content (AvgIpc) is 2.29. The Morgan fingerprint density at radius 1 is 1.41 bits per heavy atom. The molecule has 1 aromatic rings. The van der Waals surface area contributed by atoms with Crippen molar-refractivity contribution in [2.45, 2.75) is 13.0 Å². The second-order valence-corrected chi connectivity index (χ2v) is 4.54. The fourth-order valence-corrected chi connectivity index (χ4v) is 2.14. The SMILES string of the molecule is CNCC1CN(c2ccc(C)cc2)CC(=O)N1. The molecular formula is C13H19N3O. The zero-order chi connectivity index (χ0) is 12.3. The Balaban J connectivity index is 2.09. The predicted molar refractivity (Wildman–Crippen MR) is 69.2 cm³/mol. The molecule has 0 spiro atoms. The number of aryl methyl sites for hydroxylation is 1. The lowest BCUT2D eigenvalue weighted by Crippen LogP contribution is -2.57. The van der Waals surface area contributed by atoms with E-state index in [0.29, 0.717) is 6.54 Å². The van der Waals surface area contributed by atoms with Crippen molar-refractivity contribution in [2.75, 3.05) is 31.6 Å². The molecule has 0 aliphatic carbocycles. The first-order chi connectivity index (χ1) is 8.19. The summed E-state index contributed by atoms with van der Waals surface area (Å²) in [5.41, 5.74) is 2.36. The smallest absolute Gasteiger partial charge is 0.239 e. The lowest BCUT2D eigenvalue weighted by Gasteiger charge is -2.34. The molecule has 0 bridgehead atoms. The first-order valence-electron chi connectivity index (χ1n) is 5.94. The summed E-state index contributed by atoms with van der Waals surface area (Å²) in [6, 6.07) is 8.49. The van der Waals surface area contributed by atoms with Gasteiger partial charge in [0.2, 0.25) is 5.91 Å². The quantitative estimate of drug-likeness (QED) is 0.800. The largest absolute Gasteiger partial charge is 0.360 e. The van der Waals surface area contributed by atoms with E-state index in [1.807, 2.05) is 7.05 Å². The maximum absolute atomic E-state index is 11.6. The maximum Gasteiger partial charge on any atom is 0.239 e. The fourth-order valence-electron chi connectivity index (χ4n) is 2.14. The molecule has 4 heteroatoms. The first kappa shape index (κ1) is 11.9. The van der Waals surface area contributed by atoms with Crippen molar-refractivity contribution in [1.29, 1.82) is 0 Å². The van der Waals surface area contributed by atoms with Gasteiger partial charge in [-0.05, 0) is 26.1 Å². The summed E-state index contributed by atoms with van der Waals surface area (Å²) in [4.78, 5) is 13.7. The Kier molecular flexibility index (Phi) is 3.64. The van der Waals surface area contributed by atoms with Gasteiger partial charge in [0, 0.05) is 18.8 Å². The number of rotatable bonds is 3. The Hall–Kier alpha value is -1.55. The highest BCUT2D eigenvalue weighted by molar-refractivity contribution is 5.83. The monoisotopic (exact) mass is 233 g/mol. The van der Waals surface area contributed by atoms with Crippen molar-refractivity contribution in [3.05, 3.63) is 29.8 Å². The van der Waals surface area contributed by atoms with E-state index in [0.717, 1.165) is 18.8 Å². The highest BCUT2D eigenvalue weighted by Crippen LogP contribution is 2.16. The topological polar surface area (TPSA) is 44.4 Å². The highest BCUT2D eigenvalue weighted by atomic mass is 16.2. The number of benzene rings is 1. The molecule has 1 aliphatic heterocycles. The van der Waals surface area contributed by atoms with Gasteiger partial charge in [-0.1, -0.05) is 17.7 Å². The number of hydrogen-bond acceptors (Lipinski definition) is 3. The van der Waals surface area contributed by atoms with E-state index in [4.69, 9.17) is 0 Å². The summed E-state index contributed by atoms with van der Waals surface area (Å²) in [5, 5.41) is 6.08. The van der Waals surface area contributed by atoms with Crippen LogP contribution in [-0.2, 0) is 4.79 Å². The molecule has 1 amide bonds. The highest BCUT2D eigenvalue weighted by Gasteiger charge is 2.23. The van der Waals surface area contributed by atoms with E-state index >= 15 is 0 Å². The van der Waals surface area contributed by atoms with Crippen molar-refractivity contribution in [2.24, 2.45) is 0 Å². The van der Waals surface area contributed by atoms with E-state index in [1.54, 1.807) is 0 Å². The van der Waals surface area contributed by atoms with Crippen LogP contribution in [0.25, 0.3) is 0 Å².